The molecule has 1 radical (unpaired) electrons. The van der Waals surface area contributed by atoms with Gasteiger partial charge in [-0.3, -0.25) is 5.11 Å². The summed E-state index contributed by atoms with van der Waals surface area (Å²) in [4.78, 5) is 0. The second-order valence-corrected chi connectivity index (χ2v) is 3.35. The van der Waals surface area contributed by atoms with Gasteiger partial charge in [0, 0.05) is 0 Å². The third-order valence-electron chi connectivity index (χ3n) is 2.33. The minimum atomic E-state index is 0.0430. The molecule has 0 atom stereocenters. The van der Waals surface area contributed by atoms with E-state index in [9.17, 15) is 5.11 Å². The van der Waals surface area contributed by atoms with E-state index in [1.807, 2.05) is 42.5 Å². The summed E-state index contributed by atoms with van der Waals surface area (Å²) in [5.74, 6) is 0.0430. The van der Waals surface area contributed by atoms with Gasteiger partial charge in [-0.15, -0.1) is 0 Å². The van der Waals surface area contributed by atoms with Gasteiger partial charge in [0.25, 0.3) is 0 Å². The van der Waals surface area contributed by atoms with Gasteiger partial charge in [0.1, 0.15) is 0 Å². The Morgan fingerprint density at radius 3 is 1.73 bits per heavy atom. The van der Waals surface area contributed by atoms with Crippen LogP contribution < -0.4 is 0 Å². The van der Waals surface area contributed by atoms with E-state index in [1.54, 1.807) is 12.1 Å². The van der Waals surface area contributed by atoms with Crippen LogP contribution in [-0.4, -0.2) is 0 Å². The molecule has 0 unspecified atom stereocenters. The molecule has 15 heavy (non-hydrogen) atoms. The first kappa shape index (κ1) is 9.53. The summed E-state index contributed by atoms with van der Waals surface area (Å²) >= 11 is 0. The Hall–Kier alpha value is -2.02. The van der Waals surface area contributed by atoms with Crippen molar-refractivity contribution in [2.24, 2.45) is 0 Å². The fourth-order valence-electron chi connectivity index (χ4n) is 1.46. The van der Waals surface area contributed by atoms with E-state index in [-0.39, 0.29) is 5.75 Å². The van der Waals surface area contributed by atoms with E-state index in [1.165, 1.54) is 0 Å². The maximum Gasteiger partial charge on any atom is 0.178 e. The molecule has 1 nitrogen and oxygen atoms in total. The van der Waals surface area contributed by atoms with Crippen LogP contribution >= 0.6 is 0 Å². The van der Waals surface area contributed by atoms with Crippen molar-refractivity contribution in [2.45, 2.75) is 0 Å². The van der Waals surface area contributed by atoms with Crippen molar-refractivity contribution in [2.75, 3.05) is 0 Å². The minimum Gasteiger partial charge on any atom is -0.290 e. The lowest BCUT2D eigenvalue weighted by Gasteiger charge is -2.01. The highest BCUT2D eigenvalue weighted by Gasteiger charge is 1.97. The SMILES string of the molecule is C=Cc1ccc(-c2ccc([O])cc2)cc1. The average Bonchev–Trinajstić information content (AvgIpc) is 2.30. The van der Waals surface area contributed by atoms with Gasteiger partial charge in [0.05, 0.1) is 0 Å². The molecule has 0 saturated heterocycles. The molecule has 73 valence electrons. The fraction of sp³-hybridized carbons (Fsp3) is 0. The first-order valence-electron chi connectivity index (χ1n) is 4.79. The Kier molecular flexibility index (Phi) is 2.55. The third-order valence-corrected chi connectivity index (χ3v) is 2.33. The fourth-order valence-corrected chi connectivity index (χ4v) is 1.46. The largest absolute Gasteiger partial charge is 0.290 e. The molecule has 0 aliphatic carbocycles. The molecular formula is C14H11O. The first-order chi connectivity index (χ1) is 7.29. The van der Waals surface area contributed by atoms with Crippen LogP contribution in [0, 0.1) is 0 Å². The van der Waals surface area contributed by atoms with Crippen LogP contribution in [0.2, 0.25) is 0 Å². The molecule has 0 aliphatic rings. The smallest absolute Gasteiger partial charge is 0.178 e. The molecule has 2 aromatic carbocycles. The lowest BCUT2D eigenvalue weighted by molar-refractivity contribution is 0.355. The van der Waals surface area contributed by atoms with Crippen LogP contribution in [0.1, 0.15) is 5.56 Å². The predicted octanol–water partition coefficient (Wildman–Crippen LogP) is 4.14. The topological polar surface area (TPSA) is 19.9 Å². The molecule has 0 saturated carbocycles. The summed E-state index contributed by atoms with van der Waals surface area (Å²) in [6.07, 6.45) is 1.81. The summed E-state index contributed by atoms with van der Waals surface area (Å²) in [7, 11) is 0. The summed E-state index contributed by atoms with van der Waals surface area (Å²) in [5, 5.41) is 10.9. The Labute approximate surface area is 89.3 Å². The van der Waals surface area contributed by atoms with Gasteiger partial charge in [0.2, 0.25) is 0 Å². The Balaban J connectivity index is 2.37. The van der Waals surface area contributed by atoms with E-state index in [0.717, 1.165) is 16.7 Å². The lowest BCUT2D eigenvalue weighted by Crippen LogP contribution is -1.77. The van der Waals surface area contributed by atoms with Crippen LogP contribution in [0.5, 0.6) is 5.75 Å². The van der Waals surface area contributed by atoms with E-state index in [2.05, 4.69) is 6.58 Å². The van der Waals surface area contributed by atoms with E-state index in [4.69, 9.17) is 0 Å². The predicted molar refractivity (Wildman–Crippen MR) is 62.1 cm³/mol. The molecule has 0 spiro atoms. The normalized spacial score (nSPS) is 9.87. The molecule has 0 heterocycles. The molecule has 0 bridgehead atoms. The van der Waals surface area contributed by atoms with Gasteiger partial charge in [-0.2, -0.15) is 0 Å². The first-order valence-corrected chi connectivity index (χ1v) is 4.79. The maximum absolute atomic E-state index is 10.9. The average molecular weight is 195 g/mol. The van der Waals surface area contributed by atoms with Crippen LogP contribution in [0.15, 0.2) is 55.1 Å². The van der Waals surface area contributed by atoms with Crippen molar-refractivity contribution in [3.8, 4) is 16.9 Å². The van der Waals surface area contributed by atoms with Gasteiger partial charge in [-0.05, 0) is 28.8 Å². The van der Waals surface area contributed by atoms with E-state index < -0.39 is 0 Å². The zero-order valence-corrected chi connectivity index (χ0v) is 8.31. The second kappa shape index (κ2) is 4.01. The monoisotopic (exact) mass is 195 g/mol. The molecule has 1 heteroatoms. The van der Waals surface area contributed by atoms with Crippen LogP contribution in [-0.2, 0) is 5.11 Å². The Morgan fingerprint density at radius 2 is 1.27 bits per heavy atom. The van der Waals surface area contributed by atoms with E-state index >= 15 is 0 Å². The zero-order chi connectivity index (χ0) is 10.7. The summed E-state index contributed by atoms with van der Waals surface area (Å²) in [6.45, 7) is 3.70. The van der Waals surface area contributed by atoms with Crippen LogP contribution in [0.25, 0.3) is 17.2 Å². The molecule has 0 aromatic heterocycles. The maximum atomic E-state index is 10.9. The Morgan fingerprint density at radius 1 is 0.800 bits per heavy atom. The molecular weight excluding hydrogens is 184 g/mol. The van der Waals surface area contributed by atoms with Crippen molar-refractivity contribution in [3.05, 3.63) is 60.7 Å². The molecule has 2 aromatic rings. The number of hydrogen-bond acceptors (Lipinski definition) is 0. The Bertz CT molecular complexity index is 452. The number of hydrogen-bond donors (Lipinski definition) is 0. The van der Waals surface area contributed by atoms with Crippen LogP contribution in [0.4, 0.5) is 0 Å². The van der Waals surface area contributed by atoms with E-state index in [0.29, 0.717) is 0 Å². The number of rotatable bonds is 2. The van der Waals surface area contributed by atoms with Crippen molar-refractivity contribution in [1.82, 2.24) is 0 Å². The van der Waals surface area contributed by atoms with Gasteiger partial charge >= 0.3 is 0 Å². The van der Waals surface area contributed by atoms with Gasteiger partial charge in [-0.25, -0.2) is 0 Å². The van der Waals surface area contributed by atoms with Crippen molar-refractivity contribution < 1.29 is 5.11 Å². The zero-order valence-electron chi connectivity index (χ0n) is 8.31. The highest BCUT2D eigenvalue weighted by molar-refractivity contribution is 5.65. The molecule has 0 aliphatic heterocycles. The lowest BCUT2D eigenvalue weighted by atomic mass is 10.0. The van der Waals surface area contributed by atoms with Crippen molar-refractivity contribution >= 4 is 6.08 Å². The summed E-state index contributed by atoms with van der Waals surface area (Å²) in [5.41, 5.74) is 3.27. The molecule has 0 amide bonds. The number of benzene rings is 2. The third kappa shape index (κ3) is 2.08. The van der Waals surface area contributed by atoms with Crippen LogP contribution in [0.3, 0.4) is 0 Å². The minimum absolute atomic E-state index is 0.0430. The quantitative estimate of drug-likeness (QED) is 0.686. The molecule has 0 fully saturated rings. The van der Waals surface area contributed by atoms with Crippen molar-refractivity contribution in [3.63, 3.8) is 0 Å². The van der Waals surface area contributed by atoms with Gasteiger partial charge < -0.3 is 0 Å². The standard InChI is InChI=1S/C14H11O/c1-2-11-3-5-12(6-4-11)13-7-9-14(15)10-8-13/h2-10H,1H2. The molecule has 2 rings (SSSR count). The van der Waals surface area contributed by atoms with Gasteiger partial charge in [0.15, 0.2) is 5.75 Å². The summed E-state index contributed by atoms with van der Waals surface area (Å²) < 4.78 is 0. The van der Waals surface area contributed by atoms with Gasteiger partial charge in [-0.1, -0.05) is 49.1 Å². The summed E-state index contributed by atoms with van der Waals surface area (Å²) in [6, 6.07) is 14.9. The second-order valence-electron chi connectivity index (χ2n) is 3.35. The highest BCUT2D eigenvalue weighted by Crippen LogP contribution is 2.22. The molecule has 0 N–H and O–H groups in total. The highest BCUT2D eigenvalue weighted by atomic mass is 16.3. The van der Waals surface area contributed by atoms with Crippen molar-refractivity contribution in [1.29, 1.82) is 0 Å².